The second-order valence-corrected chi connectivity index (χ2v) is 4.04. The van der Waals surface area contributed by atoms with Crippen LogP contribution in [0.5, 0.6) is 0 Å². The molecule has 0 radical (unpaired) electrons. The number of aliphatic hydroxyl groups excluding tert-OH is 1. The normalized spacial score (nSPS) is 33.2. The molecule has 0 aliphatic carbocycles. The smallest absolute Gasteiger partial charge is 0.0678 e. The minimum absolute atomic E-state index is 0.183. The Balaban J connectivity index is 2.32. The molecule has 1 aliphatic rings. The van der Waals surface area contributed by atoms with Crippen molar-refractivity contribution in [1.29, 1.82) is 0 Å². The molecule has 1 saturated heterocycles. The Bertz CT molecular complexity index is 142. The largest absolute Gasteiger partial charge is 0.392 e. The van der Waals surface area contributed by atoms with Crippen molar-refractivity contribution in [3.63, 3.8) is 0 Å². The van der Waals surface area contributed by atoms with E-state index in [0.29, 0.717) is 12.2 Å². The van der Waals surface area contributed by atoms with E-state index in [-0.39, 0.29) is 6.10 Å². The van der Waals surface area contributed by atoms with E-state index in [0.717, 1.165) is 26.1 Å². The van der Waals surface area contributed by atoms with Crippen LogP contribution >= 0.6 is 0 Å². The average molecular weight is 187 g/mol. The second kappa shape index (κ2) is 4.94. The average Bonchev–Trinajstić information content (AvgIpc) is 2.02. The molecular formula is C10H21NO2. The van der Waals surface area contributed by atoms with Crippen LogP contribution in [-0.2, 0) is 4.74 Å². The molecule has 0 aromatic carbocycles. The van der Waals surface area contributed by atoms with Crippen molar-refractivity contribution in [3.8, 4) is 0 Å². The predicted octanol–water partition coefficient (Wildman–Crippen LogP) is 0.866. The van der Waals surface area contributed by atoms with Crippen LogP contribution in [0.1, 0.15) is 27.2 Å². The summed E-state index contributed by atoms with van der Waals surface area (Å²) in [4.78, 5) is 2.28. The van der Waals surface area contributed by atoms with Gasteiger partial charge in [-0.25, -0.2) is 0 Å². The molecule has 0 amide bonds. The molecule has 1 rings (SSSR count). The maximum absolute atomic E-state index is 9.50. The number of aliphatic hydroxyl groups is 1. The Hall–Kier alpha value is -0.120. The van der Waals surface area contributed by atoms with E-state index in [4.69, 9.17) is 4.74 Å². The molecule has 3 atom stereocenters. The lowest BCUT2D eigenvalue weighted by Gasteiger charge is -2.36. The quantitative estimate of drug-likeness (QED) is 0.711. The summed E-state index contributed by atoms with van der Waals surface area (Å²) in [5.41, 5.74) is 0. The molecule has 3 heteroatoms. The molecule has 1 aliphatic heterocycles. The lowest BCUT2D eigenvalue weighted by molar-refractivity contribution is -0.0765. The molecule has 0 saturated carbocycles. The van der Waals surface area contributed by atoms with Crippen molar-refractivity contribution < 1.29 is 9.84 Å². The molecule has 0 spiro atoms. The zero-order valence-corrected chi connectivity index (χ0v) is 8.86. The van der Waals surface area contributed by atoms with E-state index in [9.17, 15) is 5.11 Å². The standard InChI is InChI=1S/C10H21NO2/c1-4-10(12)7-11-5-8(2)13-9(3)6-11/h8-10,12H,4-7H2,1-3H3. The highest BCUT2D eigenvalue weighted by molar-refractivity contribution is 4.74. The monoisotopic (exact) mass is 187 g/mol. The minimum atomic E-state index is -0.183. The number of hydrogen-bond acceptors (Lipinski definition) is 3. The van der Waals surface area contributed by atoms with Gasteiger partial charge in [-0.15, -0.1) is 0 Å². The van der Waals surface area contributed by atoms with Crippen molar-refractivity contribution in [2.24, 2.45) is 0 Å². The third-order valence-corrected chi connectivity index (χ3v) is 2.44. The highest BCUT2D eigenvalue weighted by Crippen LogP contribution is 2.11. The zero-order chi connectivity index (χ0) is 9.84. The maximum atomic E-state index is 9.50. The number of nitrogens with zero attached hydrogens (tertiary/aromatic N) is 1. The Labute approximate surface area is 80.7 Å². The minimum Gasteiger partial charge on any atom is -0.392 e. The lowest BCUT2D eigenvalue weighted by Crippen LogP contribution is -2.47. The molecule has 0 aromatic rings. The molecule has 13 heavy (non-hydrogen) atoms. The van der Waals surface area contributed by atoms with Crippen LogP contribution < -0.4 is 0 Å². The Morgan fingerprint density at radius 3 is 2.38 bits per heavy atom. The molecule has 3 nitrogen and oxygen atoms in total. The fourth-order valence-corrected chi connectivity index (χ4v) is 1.86. The molecule has 1 N–H and O–H groups in total. The van der Waals surface area contributed by atoms with Gasteiger partial charge in [-0.2, -0.15) is 0 Å². The predicted molar refractivity (Wildman–Crippen MR) is 52.7 cm³/mol. The fourth-order valence-electron chi connectivity index (χ4n) is 1.86. The molecule has 0 aromatic heterocycles. The summed E-state index contributed by atoms with van der Waals surface area (Å²) in [5.74, 6) is 0. The van der Waals surface area contributed by atoms with Crippen molar-refractivity contribution >= 4 is 0 Å². The van der Waals surface area contributed by atoms with Gasteiger partial charge in [-0.05, 0) is 20.3 Å². The zero-order valence-electron chi connectivity index (χ0n) is 8.86. The Morgan fingerprint density at radius 1 is 1.38 bits per heavy atom. The first-order valence-electron chi connectivity index (χ1n) is 5.17. The maximum Gasteiger partial charge on any atom is 0.0678 e. The Morgan fingerprint density at radius 2 is 1.92 bits per heavy atom. The summed E-state index contributed by atoms with van der Waals surface area (Å²) in [6.07, 6.45) is 1.25. The van der Waals surface area contributed by atoms with E-state index in [1.54, 1.807) is 0 Å². The summed E-state index contributed by atoms with van der Waals surface area (Å²) >= 11 is 0. The van der Waals surface area contributed by atoms with Gasteiger partial charge in [0, 0.05) is 19.6 Å². The summed E-state index contributed by atoms with van der Waals surface area (Å²) < 4.78 is 5.61. The van der Waals surface area contributed by atoms with Crippen molar-refractivity contribution in [3.05, 3.63) is 0 Å². The molecule has 1 fully saturated rings. The van der Waals surface area contributed by atoms with Crippen LogP contribution in [0.15, 0.2) is 0 Å². The summed E-state index contributed by atoms with van der Waals surface area (Å²) in [5, 5.41) is 9.50. The molecule has 3 unspecified atom stereocenters. The van der Waals surface area contributed by atoms with Crippen molar-refractivity contribution in [1.82, 2.24) is 4.90 Å². The van der Waals surface area contributed by atoms with Gasteiger partial charge in [0.2, 0.25) is 0 Å². The number of morpholine rings is 1. The van der Waals surface area contributed by atoms with Crippen LogP contribution in [0.4, 0.5) is 0 Å². The number of rotatable bonds is 3. The van der Waals surface area contributed by atoms with E-state index in [2.05, 4.69) is 18.7 Å². The highest BCUT2D eigenvalue weighted by Gasteiger charge is 2.22. The van der Waals surface area contributed by atoms with E-state index in [1.807, 2.05) is 6.92 Å². The van der Waals surface area contributed by atoms with Gasteiger partial charge in [0.1, 0.15) is 0 Å². The van der Waals surface area contributed by atoms with Gasteiger partial charge in [0.25, 0.3) is 0 Å². The SMILES string of the molecule is CCC(O)CN1CC(C)OC(C)C1. The number of β-amino-alcohol motifs (C(OH)–C–C–N with tert-alkyl or cyclic N) is 1. The first-order chi connectivity index (χ1) is 6.11. The number of ether oxygens (including phenoxy) is 1. The lowest BCUT2D eigenvalue weighted by atomic mass is 10.2. The fraction of sp³-hybridized carbons (Fsp3) is 1.00. The third kappa shape index (κ3) is 3.63. The van der Waals surface area contributed by atoms with E-state index < -0.39 is 0 Å². The molecule has 78 valence electrons. The summed E-state index contributed by atoms with van der Waals surface area (Å²) in [6.45, 7) is 8.86. The summed E-state index contributed by atoms with van der Waals surface area (Å²) in [6, 6.07) is 0. The van der Waals surface area contributed by atoms with Crippen molar-refractivity contribution in [2.45, 2.75) is 45.5 Å². The van der Waals surface area contributed by atoms with Crippen LogP contribution in [0.2, 0.25) is 0 Å². The van der Waals surface area contributed by atoms with Gasteiger partial charge < -0.3 is 9.84 Å². The van der Waals surface area contributed by atoms with Gasteiger partial charge in [0.15, 0.2) is 0 Å². The van der Waals surface area contributed by atoms with Crippen LogP contribution in [0, 0.1) is 0 Å². The van der Waals surface area contributed by atoms with Gasteiger partial charge in [-0.1, -0.05) is 6.92 Å². The van der Waals surface area contributed by atoms with Crippen LogP contribution in [-0.4, -0.2) is 48.0 Å². The Kier molecular flexibility index (Phi) is 4.16. The van der Waals surface area contributed by atoms with Gasteiger partial charge in [0.05, 0.1) is 18.3 Å². The van der Waals surface area contributed by atoms with Gasteiger partial charge >= 0.3 is 0 Å². The first kappa shape index (κ1) is 11.0. The number of hydrogen-bond donors (Lipinski definition) is 1. The van der Waals surface area contributed by atoms with Crippen LogP contribution in [0.25, 0.3) is 0 Å². The first-order valence-corrected chi connectivity index (χ1v) is 5.17. The third-order valence-electron chi connectivity index (χ3n) is 2.44. The summed E-state index contributed by atoms with van der Waals surface area (Å²) in [7, 11) is 0. The van der Waals surface area contributed by atoms with Gasteiger partial charge in [-0.3, -0.25) is 4.90 Å². The second-order valence-electron chi connectivity index (χ2n) is 4.04. The molecular weight excluding hydrogens is 166 g/mol. The van der Waals surface area contributed by atoms with E-state index >= 15 is 0 Å². The van der Waals surface area contributed by atoms with Crippen LogP contribution in [0.3, 0.4) is 0 Å². The molecule has 1 heterocycles. The van der Waals surface area contributed by atoms with E-state index in [1.165, 1.54) is 0 Å². The topological polar surface area (TPSA) is 32.7 Å². The highest BCUT2D eigenvalue weighted by atomic mass is 16.5. The van der Waals surface area contributed by atoms with Crippen molar-refractivity contribution in [2.75, 3.05) is 19.6 Å². The molecule has 0 bridgehead atoms.